The first-order chi connectivity index (χ1) is 12.5. The normalized spacial score (nSPS) is 17.0. The largest absolute Gasteiger partial charge is 0.504 e. The lowest BCUT2D eigenvalue weighted by atomic mass is 9.90. The van der Waals surface area contributed by atoms with Crippen LogP contribution in [-0.2, 0) is 0 Å². The monoisotopic (exact) mass is 350 g/mol. The van der Waals surface area contributed by atoms with Gasteiger partial charge in [-0.25, -0.2) is 0 Å². The second kappa shape index (κ2) is 5.95. The van der Waals surface area contributed by atoms with E-state index in [0.29, 0.717) is 5.56 Å². The number of Topliss-reactive ketones (excluding diaryl/α,β-unsaturated/α-hetero) is 1. The lowest BCUT2D eigenvalue weighted by molar-refractivity contribution is 0.0824. The van der Waals surface area contributed by atoms with Gasteiger partial charge in [0.1, 0.15) is 5.75 Å². The number of methoxy groups -OCH3 is 1. The molecule has 0 bridgehead atoms. The van der Waals surface area contributed by atoms with E-state index in [4.69, 9.17) is 9.47 Å². The number of aromatic hydroxyl groups is 2. The molecule has 0 fully saturated rings. The molecule has 1 heterocycles. The molecule has 2 unspecified atom stereocenters. The topological polar surface area (TPSA) is 76.0 Å². The molecule has 1 aliphatic heterocycles. The van der Waals surface area contributed by atoms with Crippen LogP contribution in [0.25, 0.3) is 10.8 Å². The highest BCUT2D eigenvalue weighted by Crippen LogP contribution is 2.45. The fourth-order valence-corrected chi connectivity index (χ4v) is 3.36. The van der Waals surface area contributed by atoms with Crippen LogP contribution in [0.5, 0.6) is 23.0 Å². The molecule has 26 heavy (non-hydrogen) atoms. The summed E-state index contributed by atoms with van der Waals surface area (Å²) < 4.78 is 11.0. The first kappa shape index (κ1) is 16.3. The average molecular weight is 350 g/mol. The summed E-state index contributed by atoms with van der Waals surface area (Å²) in [5, 5.41) is 21.7. The molecule has 0 spiro atoms. The zero-order valence-corrected chi connectivity index (χ0v) is 14.4. The number of fused-ring (bicyclic) bond motifs is 2. The molecule has 1 aliphatic rings. The zero-order chi connectivity index (χ0) is 18.4. The van der Waals surface area contributed by atoms with Crippen molar-refractivity contribution in [2.45, 2.75) is 18.9 Å². The van der Waals surface area contributed by atoms with Crippen molar-refractivity contribution in [1.82, 2.24) is 0 Å². The number of hydrogen-bond donors (Lipinski definition) is 2. The summed E-state index contributed by atoms with van der Waals surface area (Å²) >= 11 is 0. The lowest BCUT2D eigenvalue weighted by Crippen LogP contribution is -2.27. The summed E-state index contributed by atoms with van der Waals surface area (Å²) in [7, 11) is 1.63. The molecule has 0 saturated heterocycles. The van der Waals surface area contributed by atoms with E-state index in [0.717, 1.165) is 22.1 Å². The van der Waals surface area contributed by atoms with Crippen molar-refractivity contribution in [3.63, 3.8) is 0 Å². The smallest absolute Gasteiger partial charge is 0.207 e. The summed E-state index contributed by atoms with van der Waals surface area (Å²) in [5.41, 5.74) is 1.25. The van der Waals surface area contributed by atoms with Gasteiger partial charge in [-0.15, -0.1) is 0 Å². The van der Waals surface area contributed by atoms with Crippen LogP contribution in [0.4, 0.5) is 0 Å². The van der Waals surface area contributed by atoms with Crippen molar-refractivity contribution in [3.8, 4) is 23.0 Å². The SMILES string of the molecule is COc1ccc2cc(C(C)C3Oc4c(ccc(O)c4O)C3=O)ccc2c1. The third-order valence-electron chi connectivity index (χ3n) is 4.93. The minimum atomic E-state index is -0.742. The summed E-state index contributed by atoms with van der Waals surface area (Å²) in [5.74, 6) is -0.267. The van der Waals surface area contributed by atoms with Gasteiger partial charge in [0.2, 0.25) is 11.5 Å². The van der Waals surface area contributed by atoms with E-state index in [1.165, 1.54) is 12.1 Å². The van der Waals surface area contributed by atoms with Crippen LogP contribution in [0, 0.1) is 0 Å². The fourth-order valence-electron chi connectivity index (χ4n) is 3.36. The Kier molecular flexibility index (Phi) is 3.72. The molecule has 2 atom stereocenters. The maximum absolute atomic E-state index is 12.7. The van der Waals surface area contributed by atoms with Gasteiger partial charge in [0.15, 0.2) is 17.6 Å². The van der Waals surface area contributed by atoms with E-state index in [1.807, 2.05) is 43.3 Å². The van der Waals surface area contributed by atoms with E-state index in [2.05, 4.69) is 0 Å². The molecule has 0 radical (unpaired) electrons. The number of ether oxygens (including phenoxy) is 2. The van der Waals surface area contributed by atoms with Gasteiger partial charge in [-0.3, -0.25) is 4.79 Å². The Bertz CT molecular complexity index is 1020. The number of benzene rings is 3. The van der Waals surface area contributed by atoms with Crippen LogP contribution < -0.4 is 9.47 Å². The summed E-state index contributed by atoms with van der Waals surface area (Å²) in [6.07, 6.45) is -0.742. The van der Waals surface area contributed by atoms with Crippen LogP contribution in [0.2, 0.25) is 0 Å². The Morgan fingerprint density at radius 2 is 1.77 bits per heavy atom. The number of hydrogen-bond acceptors (Lipinski definition) is 5. The molecule has 2 N–H and O–H groups in total. The third-order valence-corrected chi connectivity index (χ3v) is 4.93. The molecule has 3 aromatic rings. The first-order valence-corrected chi connectivity index (χ1v) is 8.33. The molecule has 0 aromatic heterocycles. The number of phenolic OH excluding ortho intramolecular Hbond substituents is 2. The van der Waals surface area contributed by atoms with Gasteiger partial charge in [0.25, 0.3) is 0 Å². The molecular weight excluding hydrogens is 332 g/mol. The molecule has 0 aliphatic carbocycles. The molecular formula is C21H18O5. The number of ketones is 1. The quantitative estimate of drug-likeness (QED) is 0.698. The van der Waals surface area contributed by atoms with Gasteiger partial charge in [0.05, 0.1) is 12.7 Å². The van der Waals surface area contributed by atoms with E-state index < -0.39 is 11.9 Å². The summed E-state index contributed by atoms with van der Waals surface area (Å²) in [6, 6.07) is 14.6. The van der Waals surface area contributed by atoms with E-state index in [9.17, 15) is 15.0 Å². The predicted molar refractivity (Wildman–Crippen MR) is 97.4 cm³/mol. The van der Waals surface area contributed by atoms with Gasteiger partial charge < -0.3 is 19.7 Å². The Balaban J connectivity index is 1.68. The van der Waals surface area contributed by atoms with Crippen molar-refractivity contribution in [2.75, 3.05) is 7.11 Å². The highest BCUT2D eigenvalue weighted by molar-refractivity contribution is 6.06. The highest BCUT2D eigenvalue weighted by atomic mass is 16.5. The molecule has 132 valence electrons. The number of carbonyl (C=O) groups excluding carboxylic acids is 1. The van der Waals surface area contributed by atoms with E-state index >= 15 is 0 Å². The van der Waals surface area contributed by atoms with Crippen molar-refractivity contribution in [1.29, 1.82) is 0 Å². The predicted octanol–water partition coefficient (Wildman–Crippen LogP) is 4.01. The first-order valence-electron chi connectivity index (χ1n) is 8.33. The minimum Gasteiger partial charge on any atom is -0.504 e. The maximum atomic E-state index is 12.7. The van der Waals surface area contributed by atoms with Gasteiger partial charge >= 0.3 is 0 Å². The lowest BCUT2D eigenvalue weighted by Gasteiger charge is -2.19. The number of rotatable bonds is 3. The standard InChI is InChI=1S/C21H18O5/c1-11(12-3-4-14-10-15(25-2)6-5-13(14)9-12)20-18(23)16-7-8-17(22)19(24)21(16)26-20/h3-11,20,22,24H,1-2H3. The van der Waals surface area contributed by atoms with Crippen LogP contribution in [0.1, 0.15) is 28.8 Å². The Labute approximate surface area is 150 Å². The number of carbonyl (C=O) groups is 1. The molecule has 5 heteroatoms. The zero-order valence-electron chi connectivity index (χ0n) is 14.4. The van der Waals surface area contributed by atoms with Crippen LogP contribution in [0.15, 0.2) is 48.5 Å². The summed E-state index contributed by atoms with van der Waals surface area (Å²) in [4.78, 5) is 12.7. The molecule has 4 rings (SSSR count). The highest BCUT2D eigenvalue weighted by Gasteiger charge is 2.39. The molecule has 0 amide bonds. The van der Waals surface area contributed by atoms with E-state index in [1.54, 1.807) is 7.11 Å². The minimum absolute atomic E-state index is 0.0531. The Hall–Kier alpha value is -3.21. The number of phenols is 2. The van der Waals surface area contributed by atoms with Crippen molar-refractivity contribution >= 4 is 16.6 Å². The van der Waals surface area contributed by atoms with Gasteiger partial charge in [-0.1, -0.05) is 31.2 Å². The van der Waals surface area contributed by atoms with Crippen molar-refractivity contribution in [3.05, 3.63) is 59.7 Å². The fraction of sp³-hybridized carbons (Fsp3) is 0.190. The van der Waals surface area contributed by atoms with Crippen molar-refractivity contribution in [2.24, 2.45) is 0 Å². The van der Waals surface area contributed by atoms with Gasteiger partial charge in [0, 0.05) is 5.92 Å². The maximum Gasteiger partial charge on any atom is 0.207 e. The second-order valence-corrected chi connectivity index (χ2v) is 6.47. The molecule has 5 nitrogen and oxygen atoms in total. The summed E-state index contributed by atoms with van der Waals surface area (Å²) in [6.45, 7) is 1.91. The van der Waals surface area contributed by atoms with Gasteiger partial charge in [-0.2, -0.15) is 0 Å². The Morgan fingerprint density at radius 1 is 1.04 bits per heavy atom. The van der Waals surface area contributed by atoms with Crippen LogP contribution in [-0.4, -0.2) is 29.2 Å². The van der Waals surface area contributed by atoms with Crippen LogP contribution >= 0.6 is 0 Å². The van der Waals surface area contributed by atoms with Crippen molar-refractivity contribution < 1.29 is 24.5 Å². The second-order valence-electron chi connectivity index (χ2n) is 6.47. The van der Waals surface area contributed by atoms with E-state index in [-0.39, 0.29) is 23.2 Å². The third kappa shape index (κ3) is 2.44. The molecule has 0 saturated carbocycles. The molecule has 3 aromatic carbocycles. The Morgan fingerprint density at radius 3 is 2.54 bits per heavy atom. The van der Waals surface area contributed by atoms with Crippen LogP contribution in [0.3, 0.4) is 0 Å². The van der Waals surface area contributed by atoms with Gasteiger partial charge in [-0.05, 0) is 40.6 Å². The average Bonchev–Trinajstić information content (AvgIpc) is 3.00.